The van der Waals surface area contributed by atoms with Crippen molar-refractivity contribution in [3.63, 3.8) is 0 Å². The number of hydrogen-bond acceptors (Lipinski definition) is 4. The van der Waals surface area contributed by atoms with E-state index in [-0.39, 0.29) is 11.7 Å². The molecule has 25 heavy (non-hydrogen) atoms. The molecule has 7 heteroatoms. The summed E-state index contributed by atoms with van der Waals surface area (Å²) in [5.74, 6) is 2.27. The van der Waals surface area contributed by atoms with E-state index in [0.717, 1.165) is 25.0 Å². The Bertz CT molecular complexity index is 866. The van der Waals surface area contributed by atoms with Crippen LogP contribution in [0.1, 0.15) is 36.9 Å². The van der Waals surface area contributed by atoms with Crippen molar-refractivity contribution in [3.8, 4) is 0 Å². The van der Waals surface area contributed by atoms with Gasteiger partial charge in [0.2, 0.25) is 5.95 Å². The molecule has 1 aliphatic heterocycles. The molecule has 0 unspecified atom stereocenters. The molecule has 2 aromatic heterocycles. The van der Waals surface area contributed by atoms with E-state index in [1.165, 1.54) is 0 Å². The van der Waals surface area contributed by atoms with E-state index in [2.05, 4.69) is 32.8 Å². The van der Waals surface area contributed by atoms with Gasteiger partial charge in [-0.05, 0) is 38.3 Å². The lowest BCUT2D eigenvalue weighted by Crippen LogP contribution is -2.50. The summed E-state index contributed by atoms with van der Waals surface area (Å²) in [5, 5.41) is 6.53. The molecular formula is C18H21N5O2. The van der Waals surface area contributed by atoms with Crippen molar-refractivity contribution in [2.45, 2.75) is 38.9 Å². The quantitative estimate of drug-likeness (QED) is 0.840. The van der Waals surface area contributed by atoms with Crippen LogP contribution in [0.15, 0.2) is 50.8 Å². The minimum absolute atomic E-state index is 0.0489. The minimum atomic E-state index is -0.155. The van der Waals surface area contributed by atoms with Gasteiger partial charge in [-0.3, -0.25) is 14.7 Å². The summed E-state index contributed by atoms with van der Waals surface area (Å²) < 4.78 is 7.04. The van der Waals surface area contributed by atoms with Crippen molar-refractivity contribution in [1.82, 2.24) is 14.9 Å². The van der Waals surface area contributed by atoms with E-state index >= 15 is 0 Å². The summed E-state index contributed by atoms with van der Waals surface area (Å²) >= 11 is 0. The van der Waals surface area contributed by atoms with Gasteiger partial charge in [-0.25, -0.2) is 9.98 Å². The molecule has 130 valence electrons. The fraction of sp³-hybridized carbons (Fsp3) is 0.389. The summed E-state index contributed by atoms with van der Waals surface area (Å²) in [6.45, 7) is 2.25. The number of guanidine groups is 1. The highest BCUT2D eigenvalue weighted by Gasteiger charge is 2.31. The van der Waals surface area contributed by atoms with Crippen LogP contribution in [0.5, 0.6) is 0 Å². The highest BCUT2D eigenvalue weighted by molar-refractivity contribution is 5.93. The van der Waals surface area contributed by atoms with E-state index in [4.69, 9.17) is 4.42 Å². The molecule has 2 aliphatic rings. The molecule has 4 rings (SSSR count). The topological polar surface area (TPSA) is 84.5 Å². The molecule has 2 N–H and O–H groups in total. The number of aliphatic imine (C=N–C) groups is 1. The number of allylic oxidation sites excluding steroid dienone is 2. The molecule has 3 heterocycles. The Balaban J connectivity index is 1.68. The second-order valence-electron chi connectivity index (χ2n) is 6.43. The van der Waals surface area contributed by atoms with Gasteiger partial charge in [0.1, 0.15) is 18.5 Å². The van der Waals surface area contributed by atoms with Crippen LogP contribution in [0, 0.1) is 12.8 Å². The van der Waals surface area contributed by atoms with Crippen LogP contribution in [0.3, 0.4) is 0 Å². The lowest BCUT2D eigenvalue weighted by atomic mass is 9.91. The summed E-state index contributed by atoms with van der Waals surface area (Å²) in [6, 6.07) is 5.30. The number of aryl methyl sites for hydroxylation is 1. The maximum atomic E-state index is 12.6. The first kappa shape index (κ1) is 15.7. The maximum absolute atomic E-state index is 12.6. The van der Waals surface area contributed by atoms with Gasteiger partial charge in [0, 0.05) is 17.7 Å². The van der Waals surface area contributed by atoms with E-state index in [1.807, 2.05) is 19.1 Å². The van der Waals surface area contributed by atoms with Crippen molar-refractivity contribution in [1.29, 1.82) is 0 Å². The van der Waals surface area contributed by atoms with Crippen LogP contribution in [-0.4, -0.2) is 15.5 Å². The smallest absolute Gasteiger partial charge is 0.256 e. The van der Waals surface area contributed by atoms with E-state index in [9.17, 15) is 4.79 Å². The summed E-state index contributed by atoms with van der Waals surface area (Å²) in [5.41, 5.74) is 0.644. The van der Waals surface area contributed by atoms with Gasteiger partial charge >= 0.3 is 0 Å². The predicted molar refractivity (Wildman–Crippen MR) is 95.4 cm³/mol. The number of anilines is 1. The Morgan fingerprint density at radius 3 is 3.12 bits per heavy atom. The van der Waals surface area contributed by atoms with Gasteiger partial charge in [-0.15, -0.1) is 0 Å². The Hall–Kier alpha value is -2.83. The van der Waals surface area contributed by atoms with E-state index < -0.39 is 0 Å². The summed E-state index contributed by atoms with van der Waals surface area (Å²) in [6.07, 6.45) is 8.84. The number of rotatable bonds is 3. The fourth-order valence-corrected chi connectivity index (χ4v) is 3.39. The van der Waals surface area contributed by atoms with E-state index in [0.29, 0.717) is 30.1 Å². The van der Waals surface area contributed by atoms with Gasteiger partial charge in [0.05, 0.1) is 6.26 Å². The zero-order valence-corrected chi connectivity index (χ0v) is 14.1. The fourth-order valence-electron chi connectivity index (χ4n) is 3.39. The second-order valence-corrected chi connectivity index (χ2v) is 6.43. The first-order valence-electron chi connectivity index (χ1n) is 8.56. The molecule has 0 fully saturated rings. The molecule has 2 aromatic rings. The number of aromatic nitrogens is 2. The van der Waals surface area contributed by atoms with E-state index in [1.54, 1.807) is 16.9 Å². The molecule has 0 saturated heterocycles. The van der Waals surface area contributed by atoms with Crippen molar-refractivity contribution in [2.75, 3.05) is 5.32 Å². The standard InChI is InChI=1S/C18H21N5O2/c1-12-10-15(24)23-16(13-6-3-2-4-7-13)21-17(22-18(23)20-12)19-11-14-8-5-9-25-14/h2-3,5,8-10,13,16H,4,6-7,11H2,1H3,(H2,19,20,21,22)/t13-,16-/m1/s1. The zero-order chi connectivity index (χ0) is 17.2. The first-order chi connectivity index (χ1) is 12.2. The molecular weight excluding hydrogens is 318 g/mol. The first-order valence-corrected chi connectivity index (χ1v) is 8.56. The highest BCUT2D eigenvalue weighted by Crippen LogP contribution is 2.30. The number of nitrogens with one attached hydrogen (secondary N) is 2. The molecule has 1 aliphatic carbocycles. The van der Waals surface area contributed by atoms with Crippen molar-refractivity contribution in [2.24, 2.45) is 10.9 Å². The Morgan fingerprint density at radius 1 is 1.44 bits per heavy atom. The molecule has 0 bridgehead atoms. The third-order valence-corrected chi connectivity index (χ3v) is 4.60. The van der Waals surface area contributed by atoms with Gasteiger partial charge in [-0.1, -0.05) is 12.2 Å². The maximum Gasteiger partial charge on any atom is 0.256 e. The van der Waals surface area contributed by atoms with Crippen LogP contribution in [0.2, 0.25) is 0 Å². The summed E-state index contributed by atoms with van der Waals surface area (Å²) in [7, 11) is 0. The molecule has 0 saturated carbocycles. The largest absolute Gasteiger partial charge is 0.467 e. The number of fused-ring (bicyclic) bond motifs is 1. The van der Waals surface area contributed by atoms with Crippen molar-refractivity contribution >= 4 is 11.9 Å². The molecule has 0 amide bonds. The Kier molecular flexibility index (Phi) is 4.13. The normalized spacial score (nSPS) is 23.8. The summed E-state index contributed by atoms with van der Waals surface area (Å²) in [4.78, 5) is 21.6. The van der Waals surface area contributed by atoms with Crippen LogP contribution in [0.4, 0.5) is 5.95 Å². The van der Waals surface area contributed by atoms with Gasteiger partial charge < -0.3 is 9.73 Å². The average molecular weight is 339 g/mol. The lowest BCUT2D eigenvalue weighted by Gasteiger charge is -2.36. The molecule has 0 radical (unpaired) electrons. The van der Waals surface area contributed by atoms with Crippen LogP contribution >= 0.6 is 0 Å². The van der Waals surface area contributed by atoms with Crippen molar-refractivity contribution < 1.29 is 4.42 Å². The van der Waals surface area contributed by atoms with Crippen LogP contribution in [0.25, 0.3) is 0 Å². The molecule has 2 atom stereocenters. The van der Waals surface area contributed by atoms with Gasteiger partial charge in [0.25, 0.3) is 5.56 Å². The SMILES string of the molecule is Cc1cc(=O)n2c(n1)NC(=NCc1ccco1)N[C@H]2[C@@H]1CC=CCC1. The lowest BCUT2D eigenvalue weighted by molar-refractivity contribution is 0.276. The van der Waals surface area contributed by atoms with Crippen LogP contribution < -0.4 is 16.2 Å². The van der Waals surface area contributed by atoms with Crippen molar-refractivity contribution in [3.05, 3.63) is 58.4 Å². The van der Waals surface area contributed by atoms with Gasteiger partial charge in [-0.2, -0.15) is 0 Å². The Morgan fingerprint density at radius 2 is 2.36 bits per heavy atom. The third kappa shape index (κ3) is 3.22. The Labute approximate surface area is 145 Å². The van der Waals surface area contributed by atoms with Crippen LogP contribution in [-0.2, 0) is 6.54 Å². The second kappa shape index (κ2) is 6.58. The zero-order valence-electron chi connectivity index (χ0n) is 14.1. The number of nitrogens with zero attached hydrogens (tertiary/aromatic N) is 3. The minimum Gasteiger partial charge on any atom is -0.467 e. The number of hydrogen-bond donors (Lipinski definition) is 2. The molecule has 7 nitrogen and oxygen atoms in total. The monoisotopic (exact) mass is 339 g/mol. The molecule has 0 aromatic carbocycles. The van der Waals surface area contributed by atoms with Gasteiger partial charge in [0.15, 0.2) is 5.96 Å². The third-order valence-electron chi connectivity index (χ3n) is 4.60. The average Bonchev–Trinajstić information content (AvgIpc) is 3.13. The highest BCUT2D eigenvalue weighted by atomic mass is 16.3. The number of furan rings is 1. The predicted octanol–water partition coefficient (Wildman–Crippen LogP) is 2.57. The molecule has 0 spiro atoms.